The van der Waals surface area contributed by atoms with Crippen molar-refractivity contribution in [3.8, 4) is 0 Å². The Bertz CT molecular complexity index is 626. The summed E-state index contributed by atoms with van der Waals surface area (Å²) in [5.41, 5.74) is 3.45. The van der Waals surface area contributed by atoms with E-state index in [1.54, 1.807) is 6.07 Å². The van der Waals surface area contributed by atoms with Gasteiger partial charge in [0.1, 0.15) is 5.82 Å². The molecule has 0 amide bonds. The summed E-state index contributed by atoms with van der Waals surface area (Å²) < 4.78 is 15.0. The summed E-state index contributed by atoms with van der Waals surface area (Å²) in [6.45, 7) is 2.02. The smallest absolute Gasteiger partial charge is 0.127 e. The second-order valence-electron chi connectivity index (χ2n) is 5.31. The molecule has 0 saturated carbocycles. The summed E-state index contributed by atoms with van der Waals surface area (Å²) >= 11 is 3.61. The number of nitrogens with one attached hydrogen (secondary N) is 1. The van der Waals surface area contributed by atoms with E-state index in [4.69, 9.17) is 0 Å². The second kappa shape index (κ2) is 5.66. The van der Waals surface area contributed by atoms with Crippen molar-refractivity contribution in [2.24, 2.45) is 0 Å². The Balaban J connectivity index is 1.81. The highest BCUT2D eigenvalue weighted by Gasteiger charge is 2.25. The second-order valence-corrected chi connectivity index (χ2v) is 6.16. The molecule has 104 valence electrons. The van der Waals surface area contributed by atoms with Crippen LogP contribution in [0.25, 0.3) is 0 Å². The van der Waals surface area contributed by atoms with Crippen LogP contribution >= 0.6 is 15.9 Å². The van der Waals surface area contributed by atoms with Gasteiger partial charge in [-0.25, -0.2) is 4.39 Å². The van der Waals surface area contributed by atoms with E-state index in [-0.39, 0.29) is 11.9 Å². The summed E-state index contributed by atoms with van der Waals surface area (Å²) in [5, 5.41) is 3.56. The molecule has 0 saturated heterocycles. The Morgan fingerprint density at radius 1 is 1.20 bits per heavy atom. The van der Waals surface area contributed by atoms with Gasteiger partial charge in [0.2, 0.25) is 0 Å². The predicted octanol–water partition coefficient (Wildman–Crippen LogP) is 4.93. The molecule has 1 unspecified atom stereocenters. The number of fused-ring (bicyclic) bond motifs is 1. The average Bonchev–Trinajstić information content (AvgIpc) is 2.84. The molecule has 1 aliphatic rings. The number of hydrogen-bond donors (Lipinski definition) is 1. The number of rotatable bonds is 3. The normalized spacial score (nSPS) is 18.9. The van der Waals surface area contributed by atoms with Gasteiger partial charge in [-0.15, -0.1) is 0 Å². The summed E-state index contributed by atoms with van der Waals surface area (Å²) in [6, 6.07) is 13.6. The molecule has 0 spiro atoms. The molecule has 0 aromatic heterocycles. The molecule has 0 radical (unpaired) electrons. The first-order valence-corrected chi connectivity index (χ1v) is 7.74. The Kier molecular flexibility index (Phi) is 3.90. The first kappa shape index (κ1) is 13.8. The molecular weight excluding hydrogens is 317 g/mol. The largest absolute Gasteiger partial charge is 0.303 e. The molecule has 2 atom stereocenters. The molecule has 2 aromatic rings. The monoisotopic (exact) mass is 333 g/mol. The van der Waals surface area contributed by atoms with E-state index in [9.17, 15) is 4.39 Å². The van der Waals surface area contributed by atoms with Crippen LogP contribution in [-0.4, -0.2) is 0 Å². The number of hydrogen-bond acceptors (Lipinski definition) is 1. The molecular formula is C17H17BrFN. The van der Waals surface area contributed by atoms with Crippen LogP contribution in [0.15, 0.2) is 46.9 Å². The van der Waals surface area contributed by atoms with Crippen molar-refractivity contribution in [1.82, 2.24) is 5.32 Å². The highest BCUT2D eigenvalue weighted by Crippen LogP contribution is 2.37. The van der Waals surface area contributed by atoms with Gasteiger partial charge in [0.15, 0.2) is 0 Å². The number of halogens is 2. The van der Waals surface area contributed by atoms with Crippen LogP contribution in [0.5, 0.6) is 0 Å². The standard InChI is InChI=1S/C17H17BrFN/c1-11(12-5-2-3-8-16(12)19)20-17-10-9-13-14(17)6-4-7-15(13)18/h2-8,11,17,20H,9-10H2,1H3/t11-,17?/m1/s1. The summed E-state index contributed by atoms with van der Waals surface area (Å²) in [4.78, 5) is 0. The lowest BCUT2D eigenvalue weighted by Gasteiger charge is -2.21. The predicted molar refractivity (Wildman–Crippen MR) is 83.2 cm³/mol. The topological polar surface area (TPSA) is 12.0 Å². The third kappa shape index (κ3) is 2.52. The zero-order valence-corrected chi connectivity index (χ0v) is 13.0. The van der Waals surface area contributed by atoms with Gasteiger partial charge in [0.05, 0.1) is 0 Å². The molecule has 2 aromatic carbocycles. The van der Waals surface area contributed by atoms with Crippen LogP contribution in [0.4, 0.5) is 4.39 Å². The zero-order chi connectivity index (χ0) is 14.1. The maximum atomic E-state index is 13.8. The highest BCUT2D eigenvalue weighted by molar-refractivity contribution is 9.10. The average molecular weight is 334 g/mol. The van der Waals surface area contributed by atoms with Crippen LogP contribution in [0.1, 0.15) is 42.1 Å². The molecule has 3 rings (SSSR count). The Morgan fingerprint density at radius 2 is 2.00 bits per heavy atom. The van der Waals surface area contributed by atoms with Crippen LogP contribution < -0.4 is 5.32 Å². The van der Waals surface area contributed by atoms with Crippen molar-refractivity contribution in [3.63, 3.8) is 0 Å². The third-order valence-electron chi connectivity index (χ3n) is 4.04. The van der Waals surface area contributed by atoms with Crippen LogP contribution in [-0.2, 0) is 6.42 Å². The number of benzene rings is 2. The molecule has 1 nitrogen and oxygen atoms in total. The molecule has 0 heterocycles. The van der Waals surface area contributed by atoms with Gasteiger partial charge in [-0.3, -0.25) is 0 Å². The lowest BCUT2D eigenvalue weighted by Crippen LogP contribution is -2.23. The van der Waals surface area contributed by atoms with Gasteiger partial charge >= 0.3 is 0 Å². The van der Waals surface area contributed by atoms with E-state index >= 15 is 0 Å². The van der Waals surface area contributed by atoms with Crippen molar-refractivity contribution in [2.45, 2.75) is 31.8 Å². The van der Waals surface area contributed by atoms with Crippen LogP contribution in [0.2, 0.25) is 0 Å². The third-order valence-corrected chi connectivity index (χ3v) is 4.78. The molecule has 1 N–H and O–H groups in total. The molecule has 0 bridgehead atoms. The molecule has 20 heavy (non-hydrogen) atoms. The lowest BCUT2D eigenvalue weighted by molar-refractivity contribution is 0.450. The zero-order valence-electron chi connectivity index (χ0n) is 11.4. The fourth-order valence-electron chi connectivity index (χ4n) is 3.00. The van der Waals surface area contributed by atoms with Gasteiger partial charge < -0.3 is 5.32 Å². The first-order chi connectivity index (χ1) is 9.66. The fourth-order valence-corrected chi connectivity index (χ4v) is 3.58. The minimum absolute atomic E-state index is 0.00568. The van der Waals surface area contributed by atoms with Gasteiger partial charge in [0.25, 0.3) is 0 Å². The lowest BCUT2D eigenvalue weighted by atomic mass is 10.0. The maximum Gasteiger partial charge on any atom is 0.127 e. The summed E-state index contributed by atoms with van der Waals surface area (Å²) in [6.07, 6.45) is 2.13. The summed E-state index contributed by atoms with van der Waals surface area (Å²) in [7, 11) is 0. The van der Waals surface area contributed by atoms with E-state index in [0.29, 0.717) is 6.04 Å². The van der Waals surface area contributed by atoms with E-state index in [1.807, 2.05) is 19.1 Å². The minimum atomic E-state index is -0.139. The summed E-state index contributed by atoms with van der Waals surface area (Å²) in [5.74, 6) is -0.139. The van der Waals surface area contributed by atoms with Gasteiger partial charge in [0, 0.05) is 22.1 Å². The quantitative estimate of drug-likeness (QED) is 0.839. The van der Waals surface area contributed by atoms with Gasteiger partial charge in [-0.05, 0) is 43.0 Å². The van der Waals surface area contributed by atoms with E-state index < -0.39 is 0 Å². The van der Waals surface area contributed by atoms with Crippen molar-refractivity contribution in [1.29, 1.82) is 0 Å². The van der Waals surface area contributed by atoms with Crippen molar-refractivity contribution < 1.29 is 4.39 Å². The van der Waals surface area contributed by atoms with Crippen LogP contribution in [0, 0.1) is 5.82 Å². The van der Waals surface area contributed by atoms with Crippen molar-refractivity contribution in [3.05, 3.63) is 69.4 Å². The molecule has 0 aliphatic heterocycles. The highest BCUT2D eigenvalue weighted by atomic mass is 79.9. The first-order valence-electron chi connectivity index (χ1n) is 6.94. The Labute approximate surface area is 127 Å². The fraction of sp³-hybridized carbons (Fsp3) is 0.294. The molecule has 0 fully saturated rings. The van der Waals surface area contributed by atoms with Gasteiger partial charge in [-0.1, -0.05) is 46.3 Å². The molecule has 1 aliphatic carbocycles. The Hall–Kier alpha value is -1.19. The Morgan fingerprint density at radius 3 is 2.80 bits per heavy atom. The maximum absolute atomic E-state index is 13.8. The van der Waals surface area contributed by atoms with Crippen LogP contribution in [0.3, 0.4) is 0 Å². The SMILES string of the molecule is C[C@@H](NC1CCc2c(Br)cccc21)c1ccccc1F. The van der Waals surface area contributed by atoms with Gasteiger partial charge in [-0.2, -0.15) is 0 Å². The van der Waals surface area contributed by atoms with E-state index in [1.165, 1.54) is 21.7 Å². The van der Waals surface area contributed by atoms with E-state index in [2.05, 4.69) is 39.4 Å². The van der Waals surface area contributed by atoms with Crippen molar-refractivity contribution >= 4 is 15.9 Å². The molecule has 3 heteroatoms. The minimum Gasteiger partial charge on any atom is -0.303 e. The van der Waals surface area contributed by atoms with Crippen molar-refractivity contribution in [2.75, 3.05) is 0 Å². The van der Waals surface area contributed by atoms with E-state index in [0.717, 1.165) is 18.4 Å².